The summed E-state index contributed by atoms with van der Waals surface area (Å²) >= 11 is 4.88. The van der Waals surface area contributed by atoms with Crippen molar-refractivity contribution in [2.45, 2.75) is 19.4 Å². The van der Waals surface area contributed by atoms with Gasteiger partial charge in [0.15, 0.2) is 0 Å². The van der Waals surface area contributed by atoms with E-state index < -0.39 is 0 Å². The average Bonchev–Trinajstić information content (AvgIpc) is 2.61. The smallest absolute Gasteiger partial charge is 0.229 e. The minimum absolute atomic E-state index is 0.115. The number of nitrogens with zero attached hydrogens (tertiary/aromatic N) is 1. The monoisotopic (exact) mass is 248 g/mol. The standard InChI is InChI=1S/C12H12N2O2S/c13-12(17)9-3-1-2-8(6-9)7-14-10(15)4-5-11(14)16/h1-3,6H,4-5,7H2,(H2,13,17). The Hall–Kier alpha value is -1.75. The molecule has 1 heterocycles. The Morgan fingerprint density at radius 2 is 1.94 bits per heavy atom. The van der Waals surface area contributed by atoms with Crippen LogP contribution >= 0.6 is 12.2 Å². The summed E-state index contributed by atoms with van der Waals surface area (Å²) in [7, 11) is 0. The number of benzene rings is 1. The maximum atomic E-state index is 11.5. The molecule has 2 rings (SSSR count). The molecular formula is C12H12N2O2S. The second kappa shape index (κ2) is 4.63. The number of imide groups is 1. The topological polar surface area (TPSA) is 63.4 Å². The molecule has 0 unspecified atom stereocenters. The zero-order valence-corrected chi connectivity index (χ0v) is 10.00. The van der Waals surface area contributed by atoms with Crippen LogP contribution in [0.2, 0.25) is 0 Å². The van der Waals surface area contributed by atoms with Crippen molar-refractivity contribution in [3.05, 3.63) is 35.4 Å². The number of rotatable bonds is 3. The fraction of sp³-hybridized carbons (Fsp3) is 0.250. The number of carbonyl (C=O) groups is 2. The first-order valence-corrected chi connectivity index (χ1v) is 5.70. The molecule has 1 fully saturated rings. The molecule has 0 atom stereocenters. The third kappa shape index (κ3) is 2.50. The van der Waals surface area contributed by atoms with Crippen molar-refractivity contribution < 1.29 is 9.59 Å². The van der Waals surface area contributed by atoms with Crippen LogP contribution in [-0.2, 0) is 16.1 Å². The second-order valence-corrected chi connectivity index (χ2v) is 4.38. The fourth-order valence-electron chi connectivity index (χ4n) is 1.80. The second-order valence-electron chi connectivity index (χ2n) is 3.94. The van der Waals surface area contributed by atoms with Gasteiger partial charge in [0, 0.05) is 18.4 Å². The number of carbonyl (C=O) groups excluding carboxylic acids is 2. The summed E-state index contributed by atoms with van der Waals surface area (Å²) in [5, 5.41) is 0. The predicted molar refractivity (Wildman–Crippen MR) is 67.1 cm³/mol. The predicted octanol–water partition coefficient (Wildman–Crippen LogP) is 0.970. The number of hydrogen-bond donors (Lipinski definition) is 1. The Bertz CT molecular complexity index is 483. The molecule has 88 valence electrons. The van der Waals surface area contributed by atoms with E-state index in [2.05, 4.69) is 0 Å². The van der Waals surface area contributed by atoms with Crippen LogP contribution in [0.15, 0.2) is 24.3 Å². The average molecular weight is 248 g/mol. The maximum absolute atomic E-state index is 11.5. The van der Waals surface area contributed by atoms with Gasteiger partial charge in [-0.2, -0.15) is 0 Å². The van der Waals surface area contributed by atoms with E-state index in [0.717, 1.165) is 11.1 Å². The van der Waals surface area contributed by atoms with Crippen molar-refractivity contribution in [2.75, 3.05) is 0 Å². The Balaban J connectivity index is 2.18. The van der Waals surface area contributed by atoms with Crippen LogP contribution in [0.3, 0.4) is 0 Å². The summed E-state index contributed by atoms with van der Waals surface area (Å²) < 4.78 is 0. The SMILES string of the molecule is NC(=S)c1cccc(CN2C(=O)CCC2=O)c1. The number of likely N-dealkylation sites (tertiary alicyclic amines) is 1. The first kappa shape index (κ1) is 11.7. The van der Waals surface area contributed by atoms with Gasteiger partial charge in [0.1, 0.15) is 4.99 Å². The molecule has 0 saturated carbocycles. The van der Waals surface area contributed by atoms with E-state index >= 15 is 0 Å². The summed E-state index contributed by atoms with van der Waals surface area (Å²) in [6.07, 6.45) is 0.627. The molecule has 2 N–H and O–H groups in total. The van der Waals surface area contributed by atoms with Crippen molar-refractivity contribution >= 4 is 29.0 Å². The van der Waals surface area contributed by atoms with E-state index in [0.29, 0.717) is 24.4 Å². The van der Waals surface area contributed by atoms with Crippen molar-refractivity contribution in [3.63, 3.8) is 0 Å². The Morgan fingerprint density at radius 1 is 1.29 bits per heavy atom. The highest BCUT2D eigenvalue weighted by Gasteiger charge is 2.28. The molecule has 0 spiro atoms. The van der Waals surface area contributed by atoms with Crippen LogP contribution in [-0.4, -0.2) is 21.7 Å². The lowest BCUT2D eigenvalue weighted by molar-refractivity contribution is -0.139. The zero-order valence-electron chi connectivity index (χ0n) is 9.18. The highest BCUT2D eigenvalue weighted by molar-refractivity contribution is 7.80. The zero-order chi connectivity index (χ0) is 12.4. The summed E-state index contributed by atoms with van der Waals surface area (Å²) in [4.78, 5) is 24.5. The fourth-order valence-corrected chi connectivity index (χ4v) is 1.93. The van der Waals surface area contributed by atoms with E-state index in [4.69, 9.17) is 18.0 Å². The summed E-state index contributed by atoms with van der Waals surface area (Å²) in [5.74, 6) is -0.230. The van der Waals surface area contributed by atoms with Gasteiger partial charge in [0.2, 0.25) is 11.8 Å². The lowest BCUT2D eigenvalue weighted by atomic mass is 10.1. The van der Waals surface area contributed by atoms with Gasteiger partial charge in [-0.3, -0.25) is 14.5 Å². The molecule has 1 aromatic carbocycles. The van der Waals surface area contributed by atoms with Gasteiger partial charge in [0.05, 0.1) is 6.54 Å². The Kier molecular flexibility index (Phi) is 3.19. The molecule has 4 nitrogen and oxygen atoms in total. The molecule has 17 heavy (non-hydrogen) atoms. The van der Waals surface area contributed by atoms with Crippen LogP contribution < -0.4 is 5.73 Å². The normalized spacial score (nSPS) is 15.4. The lowest BCUT2D eigenvalue weighted by Crippen LogP contribution is -2.28. The minimum Gasteiger partial charge on any atom is -0.389 e. The van der Waals surface area contributed by atoms with Crippen molar-refractivity contribution in [3.8, 4) is 0 Å². The molecule has 1 aromatic rings. The molecule has 0 aliphatic carbocycles. The highest BCUT2D eigenvalue weighted by Crippen LogP contribution is 2.16. The van der Waals surface area contributed by atoms with E-state index in [-0.39, 0.29) is 11.8 Å². The van der Waals surface area contributed by atoms with Crippen LogP contribution in [0.5, 0.6) is 0 Å². The van der Waals surface area contributed by atoms with Gasteiger partial charge in [0.25, 0.3) is 0 Å². The quantitative estimate of drug-likeness (QED) is 0.639. The van der Waals surface area contributed by atoms with Crippen LogP contribution in [0.25, 0.3) is 0 Å². The third-order valence-corrected chi connectivity index (χ3v) is 2.94. The first-order chi connectivity index (χ1) is 8.08. The minimum atomic E-state index is -0.115. The third-order valence-electron chi connectivity index (χ3n) is 2.71. The van der Waals surface area contributed by atoms with Crippen molar-refractivity contribution in [2.24, 2.45) is 5.73 Å². The molecule has 5 heteroatoms. The lowest BCUT2D eigenvalue weighted by Gasteiger charge is -2.14. The van der Waals surface area contributed by atoms with Crippen LogP contribution in [0.4, 0.5) is 0 Å². The van der Waals surface area contributed by atoms with Crippen LogP contribution in [0, 0.1) is 0 Å². The van der Waals surface area contributed by atoms with Crippen molar-refractivity contribution in [1.82, 2.24) is 4.90 Å². The number of amides is 2. The van der Waals surface area contributed by atoms with E-state index in [9.17, 15) is 9.59 Å². The van der Waals surface area contributed by atoms with Crippen LogP contribution in [0.1, 0.15) is 24.0 Å². The summed E-state index contributed by atoms with van der Waals surface area (Å²) in [5.41, 5.74) is 7.14. The van der Waals surface area contributed by atoms with Gasteiger partial charge in [-0.25, -0.2) is 0 Å². The first-order valence-electron chi connectivity index (χ1n) is 5.30. The Morgan fingerprint density at radius 3 is 2.53 bits per heavy atom. The summed E-state index contributed by atoms with van der Waals surface area (Å²) in [6, 6.07) is 7.27. The molecular weight excluding hydrogens is 236 g/mol. The molecule has 1 saturated heterocycles. The number of hydrogen-bond acceptors (Lipinski definition) is 3. The van der Waals surface area contributed by atoms with E-state index in [1.54, 1.807) is 12.1 Å². The van der Waals surface area contributed by atoms with Gasteiger partial charge >= 0.3 is 0 Å². The van der Waals surface area contributed by atoms with E-state index in [1.165, 1.54) is 4.90 Å². The van der Waals surface area contributed by atoms with E-state index in [1.807, 2.05) is 12.1 Å². The molecule has 0 bridgehead atoms. The Labute approximate surface area is 104 Å². The molecule has 2 amide bonds. The molecule has 0 radical (unpaired) electrons. The number of thiocarbonyl (C=S) groups is 1. The molecule has 1 aliphatic rings. The number of nitrogens with two attached hydrogens (primary N) is 1. The maximum Gasteiger partial charge on any atom is 0.229 e. The molecule has 0 aromatic heterocycles. The van der Waals surface area contributed by atoms with Crippen molar-refractivity contribution in [1.29, 1.82) is 0 Å². The van der Waals surface area contributed by atoms with Gasteiger partial charge < -0.3 is 5.73 Å². The summed E-state index contributed by atoms with van der Waals surface area (Å²) in [6.45, 7) is 0.300. The van der Waals surface area contributed by atoms with Gasteiger partial charge in [-0.05, 0) is 11.6 Å². The van der Waals surface area contributed by atoms with Gasteiger partial charge in [-0.1, -0.05) is 30.4 Å². The highest BCUT2D eigenvalue weighted by atomic mass is 32.1. The molecule has 1 aliphatic heterocycles. The van der Waals surface area contributed by atoms with Gasteiger partial charge in [-0.15, -0.1) is 0 Å². The largest absolute Gasteiger partial charge is 0.389 e.